The summed E-state index contributed by atoms with van der Waals surface area (Å²) in [6.07, 6.45) is -0.0131. The Bertz CT molecular complexity index is 473. The number of halogens is 3. The molecule has 0 fully saturated rings. The maximum atomic E-state index is 13.1. The van der Waals surface area contributed by atoms with Crippen molar-refractivity contribution < 1.29 is 14.0 Å². The van der Waals surface area contributed by atoms with Gasteiger partial charge in [0.25, 0.3) is 0 Å². The van der Waals surface area contributed by atoms with Crippen LogP contribution in [-0.2, 0) is 9.63 Å². The van der Waals surface area contributed by atoms with Crippen molar-refractivity contribution in [2.24, 2.45) is 5.16 Å². The van der Waals surface area contributed by atoms with Crippen molar-refractivity contribution in [2.45, 2.75) is 6.42 Å². The number of hydrogen-bond donors (Lipinski definition) is 0. The van der Waals surface area contributed by atoms with Crippen LogP contribution in [0.2, 0.25) is 10.0 Å². The Labute approximate surface area is 94.4 Å². The van der Waals surface area contributed by atoms with E-state index in [9.17, 15) is 9.18 Å². The van der Waals surface area contributed by atoms with E-state index in [1.165, 1.54) is 6.07 Å². The highest BCUT2D eigenvalue weighted by Crippen LogP contribution is 2.26. The first kappa shape index (κ1) is 10.4. The lowest BCUT2D eigenvalue weighted by Gasteiger charge is -2.02. The molecule has 0 amide bonds. The number of carbonyl (C=O) groups is 1. The lowest BCUT2D eigenvalue weighted by molar-refractivity contribution is -0.140. The lowest BCUT2D eigenvalue weighted by Crippen LogP contribution is -2.02. The van der Waals surface area contributed by atoms with Gasteiger partial charge in [0.1, 0.15) is 11.5 Å². The predicted molar refractivity (Wildman–Crippen MR) is 53.7 cm³/mol. The topological polar surface area (TPSA) is 38.7 Å². The predicted octanol–water partition coefficient (Wildman–Crippen LogP) is 2.78. The summed E-state index contributed by atoms with van der Waals surface area (Å²) in [7, 11) is 0. The van der Waals surface area contributed by atoms with Crippen LogP contribution >= 0.6 is 23.2 Å². The van der Waals surface area contributed by atoms with E-state index in [0.717, 1.165) is 6.07 Å². The standard InChI is InChI=1S/C9H4Cl2FNO2/c10-5-2-6(11)7(12)1-4(5)8-3-9(14)15-13-8/h1-2H,3H2. The van der Waals surface area contributed by atoms with E-state index in [0.29, 0.717) is 11.3 Å². The largest absolute Gasteiger partial charge is 0.341 e. The molecule has 0 saturated carbocycles. The maximum absolute atomic E-state index is 13.1. The molecule has 1 aliphatic heterocycles. The van der Waals surface area contributed by atoms with Crippen molar-refractivity contribution in [1.29, 1.82) is 0 Å². The quantitative estimate of drug-likeness (QED) is 0.566. The third-order valence-electron chi connectivity index (χ3n) is 1.89. The summed E-state index contributed by atoms with van der Waals surface area (Å²) in [4.78, 5) is 15.2. The maximum Gasteiger partial charge on any atom is 0.341 e. The van der Waals surface area contributed by atoms with Crippen LogP contribution in [0.5, 0.6) is 0 Å². The SMILES string of the molecule is O=C1CC(c2cc(F)c(Cl)cc2Cl)=NO1. The van der Waals surface area contributed by atoms with Crippen molar-refractivity contribution in [3.8, 4) is 0 Å². The summed E-state index contributed by atoms with van der Waals surface area (Å²) in [6.45, 7) is 0. The Morgan fingerprint density at radius 3 is 2.67 bits per heavy atom. The fraction of sp³-hybridized carbons (Fsp3) is 0.111. The molecule has 1 heterocycles. The van der Waals surface area contributed by atoms with Crippen LogP contribution in [0.3, 0.4) is 0 Å². The highest BCUT2D eigenvalue weighted by atomic mass is 35.5. The number of carbonyl (C=O) groups excluding carboxylic acids is 1. The second-order valence-corrected chi connectivity index (χ2v) is 3.74. The van der Waals surface area contributed by atoms with Gasteiger partial charge in [-0.3, -0.25) is 0 Å². The minimum Gasteiger partial charge on any atom is -0.318 e. The molecule has 0 bridgehead atoms. The van der Waals surface area contributed by atoms with Crippen molar-refractivity contribution >= 4 is 34.9 Å². The van der Waals surface area contributed by atoms with E-state index in [-0.39, 0.29) is 16.5 Å². The van der Waals surface area contributed by atoms with E-state index in [4.69, 9.17) is 23.2 Å². The molecule has 0 N–H and O–H groups in total. The van der Waals surface area contributed by atoms with Gasteiger partial charge in [-0.2, -0.15) is 0 Å². The molecule has 0 radical (unpaired) electrons. The highest BCUT2D eigenvalue weighted by molar-refractivity contribution is 6.37. The van der Waals surface area contributed by atoms with Crippen molar-refractivity contribution in [1.82, 2.24) is 0 Å². The monoisotopic (exact) mass is 247 g/mol. The fourth-order valence-electron chi connectivity index (χ4n) is 1.20. The van der Waals surface area contributed by atoms with Crippen molar-refractivity contribution in [3.05, 3.63) is 33.6 Å². The van der Waals surface area contributed by atoms with Gasteiger partial charge in [0, 0.05) is 5.56 Å². The number of hydrogen-bond acceptors (Lipinski definition) is 3. The minimum absolute atomic E-state index is 0.0131. The molecular weight excluding hydrogens is 244 g/mol. The van der Waals surface area contributed by atoms with E-state index in [1.807, 2.05) is 0 Å². The number of rotatable bonds is 1. The first-order valence-corrected chi connectivity index (χ1v) is 4.75. The van der Waals surface area contributed by atoms with Crippen LogP contribution in [0.15, 0.2) is 17.3 Å². The van der Waals surface area contributed by atoms with Gasteiger partial charge in [0.05, 0.1) is 16.5 Å². The molecule has 15 heavy (non-hydrogen) atoms. The first-order chi connectivity index (χ1) is 7.08. The lowest BCUT2D eigenvalue weighted by atomic mass is 10.1. The molecular formula is C9H4Cl2FNO2. The molecule has 6 heteroatoms. The van der Waals surface area contributed by atoms with Crippen LogP contribution in [0.1, 0.15) is 12.0 Å². The summed E-state index contributed by atoms with van der Waals surface area (Å²) >= 11 is 11.4. The van der Waals surface area contributed by atoms with Crippen LogP contribution in [-0.4, -0.2) is 11.7 Å². The Hall–Kier alpha value is -1.13. The van der Waals surface area contributed by atoms with Gasteiger partial charge in [0.15, 0.2) is 0 Å². The second-order valence-electron chi connectivity index (χ2n) is 2.92. The molecule has 1 aliphatic rings. The van der Waals surface area contributed by atoms with Crippen molar-refractivity contribution in [2.75, 3.05) is 0 Å². The van der Waals surface area contributed by atoms with Gasteiger partial charge >= 0.3 is 5.97 Å². The van der Waals surface area contributed by atoms with Gasteiger partial charge in [-0.05, 0) is 12.1 Å². The summed E-state index contributed by atoms with van der Waals surface area (Å²) in [5.74, 6) is -1.10. The average molecular weight is 248 g/mol. The molecule has 0 unspecified atom stereocenters. The summed E-state index contributed by atoms with van der Waals surface area (Å²) in [5.41, 5.74) is 0.630. The minimum atomic E-state index is -0.613. The number of oxime groups is 1. The Morgan fingerprint density at radius 2 is 2.07 bits per heavy atom. The highest BCUT2D eigenvalue weighted by Gasteiger charge is 2.22. The molecule has 3 nitrogen and oxygen atoms in total. The van der Waals surface area contributed by atoms with Gasteiger partial charge in [-0.15, -0.1) is 0 Å². The summed E-state index contributed by atoms with van der Waals surface area (Å²) < 4.78 is 13.1. The third-order valence-corrected chi connectivity index (χ3v) is 2.49. The van der Waals surface area contributed by atoms with Gasteiger partial charge < -0.3 is 4.84 Å². The van der Waals surface area contributed by atoms with Gasteiger partial charge in [0.2, 0.25) is 0 Å². The van der Waals surface area contributed by atoms with E-state index in [1.54, 1.807) is 0 Å². The van der Waals surface area contributed by atoms with Crippen LogP contribution in [0.4, 0.5) is 4.39 Å². The average Bonchev–Trinajstić information content (AvgIpc) is 2.58. The van der Waals surface area contributed by atoms with E-state index in [2.05, 4.69) is 9.99 Å². The Kier molecular flexibility index (Phi) is 2.63. The zero-order chi connectivity index (χ0) is 11.0. The molecule has 0 aliphatic carbocycles. The van der Waals surface area contributed by atoms with Crippen LogP contribution in [0, 0.1) is 5.82 Å². The van der Waals surface area contributed by atoms with E-state index >= 15 is 0 Å². The third kappa shape index (κ3) is 1.96. The fourth-order valence-corrected chi connectivity index (χ4v) is 1.69. The summed E-state index contributed by atoms with van der Waals surface area (Å²) in [6, 6.07) is 2.39. The normalized spacial score (nSPS) is 15.1. The Balaban J connectivity index is 2.45. The molecule has 0 atom stereocenters. The van der Waals surface area contributed by atoms with Crippen LogP contribution < -0.4 is 0 Å². The number of nitrogens with zero attached hydrogens (tertiary/aromatic N) is 1. The molecule has 0 aromatic heterocycles. The molecule has 2 rings (SSSR count). The molecule has 0 spiro atoms. The van der Waals surface area contributed by atoms with Crippen molar-refractivity contribution in [3.63, 3.8) is 0 Å². The van der Waals surface area contributed by atoms with Gasteiger partial charge in [-0.1, -0.05) is 28.4 Å². The molecule has 1 aromatic rings. The van der Waals surface area contributed by atoms with Crippen LogP contribution in [0.25, 0.3) is 0 Å². The second kappa shape index (κ2) is 3.79. The number of benzene rings is 1. The van der Waals surface area contributed by atoms with Gasteiger partial charge in [-0.25, -0.2) is 9.18 Å². The first-order valence-electron chi connectivity index (χ1n) is 3.99. The summed E-state index contributed by atoms with van der Waals surface area (Å²) in [5, 5.41) is 3.65. The zero-order valence-corrected chi connectivity index (χ0v) is 8.77. The molecule has 0 saturated heterocycles. The Morgan fingerprint density at radius 1 is 1.33 bits per heavy atom. The molecule has 78 valence electrons. The zero-order valence-electron chi connectivity index (χ0n) is 7.26. The molecule has 1 aromatic carbocycles. The smallest absolute Gasteiger partial charge is 0.318 e. The van der Waals surface area contributed by atoms with E-state index < -0.39 is 11.8 Å².